The van der Waals surface area contributed by atoms with Gasteiger partial charge >= 0.3 is 6.03 Å². The van der Waals surface area contributed by atoms with Crippen LogP contribution in [0.4, 0.5) is 4.79 Å². The Morgan fingerprint density at radius 3 is 2.43 bits per heavy atom. The molecule has 0 spiro atoms. The molecule has 1 aromatic carbocycles. The van der Waals surface area contributed by atoms with Crippen LogP contribution in [0.5, 0.6) is 0 Å². The fourth-order valence-electron chi connectivity index (χ4n) is 1.78. The molecule has 6 nitrogen and oxygen atoms in total. The van der Waals surface area contributed by atoms with E-state index in [1.165, 1.54) is 0 Å². The molecule has 1 aliphatic heterocycles. The fraction of sp³-hybridized carbons (Fsp3) is 0.250. The van der Waals surface area contributed by atoms with Gasteiger partial charge < -0.3 is 0 Å². The number of urea groups is 1. The molecule has 1 aliphatic rings. The molecular weight excluding hydrogens is 341 g/mol. The molecule has 2 rings (SSSR count). The number of hydrogen-bond acceptors (Lipinski definition) is 3. The van der Waals surface area contributed by atoms with Crippen molar-refractivity contribution in [3.63, 3.8) is 0 Å². The first-order chi connectivity index (χ1) is 9.88. The molecule has 0 bridgehead atoms. The van der Waals surface area contributed by atoms with Crippen molar-refractivity contribution < 1.29 is 14.4 Å². The number of halogens is 3. The lowest BCUT2D eigenvalue weighted by atomic mass is 10.2. The second kappa shape index (κ2) is 6.51. The highest BCUT2D eigenvalue weighted by atomic mass is 35.5. The second-order valence-corrected chi connectivity index (χ2v) is 5.77. The van der Waals surface area contributed by atoms with Crippen molar-refractivity contribution >= 4 is 52.6 Å². The zero-order valence-corrected chi connectivity index (χ0v) is 12.8. The second-order valence-electron chi connectivity index (χ2n) is 4.23. The topological polar surface area (TPSA) is 69.7 Å². The molecule has 112 valence electrons. The van der Waals surface area contributed by atoms with Crippen LogP contribution in [0.1, 0.15) is 5.56 Å². The minimum Gasteiger partial charge on any atom is -0.275 e. The zero-order valence-electron chi connectivity index (χ0n) is 10.6. The van der Waals surface area contributed by atoms with Gasteiger partial charge in [0.25, 0.3) is 5.91 Å². The van der Waals surface area contributed by atoms with E-state index in [1.54, 1.807) is 24.3 Å². The lowest BCUT2D eigenvalue weighted by molar-refractivity contribution is -0.151. The lowest BCUT2D eigenvalue weighted by Gasteiger charge is -2.37. The van der Waals surface area contributed by atoms with Crippen LogP contribution in [0.15, 0.2) is 24.3 Å². The van der Waals surface area contributed by atoms with Gasteiger partial charge in [0.15, 0.2) is 4.84 Å². The van der Waals surface area contributed by atoms with Crippen LogP contribution in [0.3, 0.4) is 0 Å². The summed E-state index contributed by atoms with van der Waals surface area (Å²) < 4.78 is 0. The smallest absolute Gasteiger partial charge is 0.275 e. The summed E-state index contributed by atoms with van der Waals surface area (Å²) in [5.74, 6) is -1.34. The van der Waals surface area contributed by atoms with Crippen molar-refractivity contribution in [3.05, 3.63) is 34.9 Å². The number of imide groups is 1. The first-order valence-corrected chi connectivity index (χ1v) is 7.09. The summed E-state index contributed by atoms with van der Waals surface area (Å²) in [7, 11) is 0. The first kappa shape index (κ1) is 15.9. The molecule has 1 saturated heterocycles. The van der Waals surface area contributed by atoms with Gasteiger partial charge in [0.05, 0.1) is 6.54 Å². The minimum atomic E-state index is -1.36. The maximum atomic E-state index is 11.9. The average Bonchev–Trinajstić information content (AvgIpc) is 2.42. The standard InChI is InChI=1S/C12H10Cl3N3O3/c13-8-3-1-7(2-4-8)5-18-12(21)16-9(19)6-17(18)11(20)10(14)15/h1-4,10H,5-6H2,(H,16,19,21). The number of nitrogens with zero attached hydrogens (tertiary/aromatic N) is 2. The minimum absolute atomic E-state index is 0.0719. The summed E-state index contributed by atoms with van der Waals surface area (Å²) in [6, 6.07) is 5.99. The van der Waals surface area contributed by atoms with Gasteiger partial charge in [0.2, 0.25) is 5.91 Å². The monoisotopic (exact) mass is 349 g/mol. The van der Waals surface area contributed by atoms with Gasteiger partial charge in [0.1, 0.15) is 6.54 Å². The Bertz CT molecular complexity index is 577. The van der Waals surface area contributed by atoms with E-state index in [-0.39, 0.29) is 13.1 Å². The summed E-state index contributed by atoms with van der Waals surface area (Å²) in [6.45, 7) is -0.253. The number of carbonyl (C=O) groups is 3. The Labute approximate surface area is 135 Å². The molecule has 1 heterocycles. The Balaban J connectivity index is 2.23. The van der Waals surface area contributed by atoms with Crippen LogP contribution >= 0.6 is 34.8 Å². The van der Waals surface area contributed by atoms with Crippen molar-refractivity contribution in [1.29, 1.82) is 0 Å². The Kier molecular flexibility index (Phi) is 4.92. The number of alkyl halides is 2. The van der Waals surface area contributed by atoms with Gasteiger partial charge in [-0.1, -0.05) is 46.9 Å². The third-order valence-electron chi connectivity index (χ3n) is 2.75. The predicted molar refractivity (Wildman–Crippen MR) is 77.7 cm³/mol. The lowest BCUT2D eigenvalue weighted by Crippen LogP contribution is -2.62. The van der Waals surface area contributed by atoms with E-state index >= 15 is 0 Å². The Morgan fingerprint density at radius 2 is 1.86 bits per heavy atom. The molecule has 1 N–H and O–H groups in total. The normalized spacial score (nSPS) is 15.4. The van der Waals surface area contributed by atoms with Crippen LogP contribution < -0.4 is 5.32 Å². The van der Waals surface area contributed by atoms with Crippen LogP contribution in [-0.2, 0) is 16.1 Å². The summed E-state index contributed by atoms with van der Waals surface area (Å²) in [6.07, 6.45) is 0. The number of hydrazine groups is 1. The van der Waals surface area contributed by atoms with Crippen molar-refractivity contribution in [3.8, 4) is 0 Å². The number of carbonyl (C=O) groups excluding carboxylic acids is 3. The summed E-state index contributed by atoms with van der Waals surface area (Å²) >= 11 is 16.9. The number of rotatable bonds is 3. The molecule has 9 heteroatoms. The average molecular weight is 351 g/mol. The van der Waals surface area contributed by atoms with E-state index in [0.29, 0.717) is 5.02 Å². The molecule has 21 heavy (non-hydrogen) atoms. The van der Waals surface area contributed by atoms with E-state index in [4.69, 9.17) is 34.8 Å². The van der Waals surface area contributed by atoms with Gasteiger partial charge in [-0.05, 0) is 17.7 Å². The van der Waals surface area contributed by atoms with E-state index in [9.17, 15) is 14.4 Å². The first-order valence-electron chi connectivity index (χ1n) is 5.83. The van der Waals surface area contributed by atoms with Gasteiger partial charge in [-0.2, -0.15) is 0 Å². The van der Waals surface area contributed by atoms with Gasteiger partial charge in [-0.3, -0.25) is 14.9 Å². The fourth-order valence-corrected chi connectivity index (χ4v) is 2.14. The summed E-state index contributed by atoms with van der Waals surface area (Å²) in [5.41, 5.74) is 0.724. The van der Waals surface area contributed by atoms with E-state index < -0.39 is 22.7 Å². The molecule has 1 aromatic rings. The molecule has 4 amide bonds. The van der Waals surface area contributed by atoms with E-state index in [1.807, 2.05) is 0 Å². The van der Waals surface area contributed by atoms with Gasteiger partial charge in [-0.15, -0.1) is 0 Å². The van der Waals surface area contributed by atoms with Crippen molar-refractivity contribution in [2.75, 3.05) is 6.54 Å². The van der Waals surface area contributed by atoms with Crippen LogP contribution in [0.2, 0.25) is 5.02 Å². The zero-order chi connectivity index (χ0) is 15.6. The SMILES string of the molecule is O=C1CN(C(=O)C(Cl)Cl)N(Cc2ccc(Cl)cc2)C(=O)N1. The predicted octanol–water partition coefficient (Wildman–Crippen LogP) is 1.94. The molecule has 0 unspecified atom stereocenters. The maximum absolute atomic E-state index is 11.9. The van der Waals surface area contributed by atoms with Crippen LogP contribution in [0, 0.1) is 0 Å². The Morgan fingerprint density at radius 1 is 1.24 bits per heavy atom. The highest BCUT2D eigenvalue weighted by Gasteiger charge is 2.36. The maximum Gasteiger partial charge on any atom is 0.343 e. The number of hydrogen-bond donors (Lipinski definition) is 1. The highest BCUT2D eigenvalue weighted by Crippen LogP contribution is 2.17. The van der Waals surface area contributed by atoms with Gasteiger partial charge in [0, 0.05) is 5.02 Å². The molecule has 0 radical (unpaired) electrons. The number of benzene rings is 1. The third-order valence-corrected chi connectivity index (χ3v) is 3.38. The molecule has 0 aliphatic carbocycles. The van der Waals surface area contributed by atoms with Crippen molar-refractivity contribution in [2.24, 2.45) is 0 Å². The molecular formula is C12H10Cl3N3O3. The third kappa shape index (κ3) is 3.78. The van der Waals surface area contributed by atoms with Crippen molar-refractivity contribution in [2.45, 2.75) is 11.4 Å². The number of amides is 4. The van der Waals surface area contributed by atoms with E-state index in [2.05, 4.69) is 5.32 Å². The van der Waals surface area contributed by atoms with Crippen molar-refractivity contribution in [1.82, 2.24) is 15.3 Å². The summed E-state index contributed by atoms with van der Waals surface area (Å²) in [4.78, 5) is 33.8. The molecule has 0 saturated carbocycles. The largest absolute Gasteiger partial charge is 0.343 e. The highest BCUT2D eigenvalue weighted by molar-refractivity contribution is 6.53. The molecule has 0 aromatic heterocycles. The Hall–Kier alpha value is -1.50. The van der Waals surface area contributed by atoms with Crippen LogP contribution in [0.25, 0.3) is 0 Å². The van der Waals surface area contributed by atoms with Gasteiger partial charge in [-0.25, -0.2) is 14.8 Å². The molecule has 0 atom stereocenters. The molecule has 1 fully saturated rings. The number of nitrogens with one attached hydrogen (secondary N) is 1. The van der Waals surface area contributed by atoms with E-state index in [0.717, 1.165) is 15.6 Å². The summed E-state index contributed by atoms with van der Waals surface area (Å²) in [5, 5.41) is 4.68. The van der Waals surface area contributed by atoms with Crippen LogP contribution in [-0.4, -0.2) is 39.2 Å². The quantitative estimate of drug-likeness (QED) is 0.847.